The molecule has 1 atom stereocenters. The average molecular weight is 290 g/mol. The van der Waals surface area contributed by atoms with Gasteiger partial charge < -0.3 is 15.0 Å². The Morgan fingerprint density at radius 2 is 1.81 bits per heavy atom. The van der Waals surface area contributed by atoms with Crippen LogP contribution in [0, 0.1) is 0 Å². The average Bonchev–Trinajstić information content (AvgIpc) is 2.98. The summed E-state index contributed by atoms with van der Waals surface area (Å²) in [5.74, 6) is 0.973. The first-order chi connectivity index (χ1) is 10.1. The standard InChI is InChI=1S/C18H30N2O/c1-5-14-21-16-10-8-15(9-11-16)17(19-2)18(20(3)4)12-6-7-13-18/h8-11,17,19H,5-7,12-14H2,1-4H3. The maximum Gasteiger partial charge on any atom is 0.119 e. The van der Waals surface area contributed by atoms with E-state index in [4.69, 9.17) is 4.74 Å². The minimum atomic E-state index is 0.237. The van der Waals surface area contributed by atoms with Crippen molar-refractivity contribution in [1.29, 1.82) is 0 Å². The van der Waals surface area contributed by atoms with Crippen molar-refractivity contribution in [3.63, 3.8) is 0 Å². The Hall–Kier alpha value is -1.06. The van der Waals surface area contributed by atoms with Crippen molar-refractivity contribution in [2.45, 2.75) is 50.6 Å². The van der Waals surface area contributed by atoms with Gasteiger partial charge in [0.05, 0.1) is 12.6 Å². The second kappa shape index (κ2) is 7.28. The highest BCUT2D eigenvalue weighted by atomic mass is 16.5. The minimum absolute atomic E-state index is 0.237. The molecule has 0 spiro atoms. The number of hydrogen-bond donors (Lipinski definition) is 1. The van der Waals surface area contributed by atoms with Crippen LogP contribution in [0.25, 0.3) is 0 Å². The lowest BCUT2D eigenvalue weighted by Gasteiger charge is -2.43. The summed E-state index contributed by atoms with van der Waals surface area (Å²) < 4.78 is 5.69. The second-order valence-corrected chi connectivity index (χ2v) is 6.34. The van der Waals surface area contributed by atoms with Crippen molar-refractivity contribution in [2.24, 2.45) is 0 Å². The highest BCUT2D eigenvalue weighted by molar-refractivity contribution is 5.31. The van der Waals surface area contributed by atoms with Crippen LogP contribution >= 0.6 is 0 Å². The van der Waals surface area contributed by atoms with Crippen LogP contribution in [-0.4, -0.2) is 38.2 Å². The van der Waals surface area contributed by atoms with Crippen LogP contribution < -0.4 is 10.1 Å². The number of nitrogens with one attached hydrogen (secondary N) is 1. The van der Waals surface area contributed by atoms with Crippen molar-refractivity contribution in [2.75, 3.05) is 27.7 Å². The number of hydrogen-bond acceptors (Lipinski definition) is 3. The van der Waals surface area contributed by atoms with Gasteiger partial charge in [-0.3, -0.25) is 0 Å². The van der Waals surface area contributed by atoms with Crippen LogP contribution in [0.2, 0.25) is 0 Å². The highest BCUT2D eigenvalue weighted by Crippen LogP contribution is 2.43. The molecule has 1 aliphatic carbocycles. The van der Waals surface area contributed by atoms with Gasteiger partial charge >= 0.3 is 0 Å². The maximum absolute atomic E-state index is 5.69. The molecule has 1 fully saturated rings. The van der Waals surface area contributed by atoms with E-state index < -0.39 is 0 Å². The number of ether oxygens (including phenoxy) is 1. The van der Waals surface area contributed by atoms with Crippen molar-refractivity contribution in [1.82, 2.24) is 10.2 Å². The third-order valence-electron chi connectivity index (χ3n) is 4.87. The SMILES string of the molecule is CCCOc1ccc(C(NC)C2(N(C)C)CCCC2)cc1. The molecule has 0 bridgehead atoms. The van der Waals surface area contributed by atoms with Crippen molar-refractivity contribution < 1.29 is 4.74 Å². The maximum atomic E-state index is 5.69. The number of benzene rings is 1. The van der Waals surface area contributed by atoms with Gasteiger partial charge in [-0.1, -0.05) is 31.9 Å². The largest absolute Gasteiger partial charge is 0.494 e. The predicted molar refractivity (Wildman–Crippen MR) is 88.9 cm³/mol. The molecule has 2 rings (SSSR count). The van der Waals surface area contributed by atoms with E-state index in [0.717, 1.165) is 18.8 Å². The van der Waals surface area contributed by atoms with E-state index in [1.165, 1.54) is 31.2 Å². The van der Waals surface area contributed by atoms with Gasteiger partial charge in [-0.15, -0.1) is 0 Å². The van der Waals surface area contributed by atoms with Crippen LogP contribution in [0.3, 0.4) is 0 Å². The molecular weight excluding hydrogens is 260 g/mol. The number of likely N-dealkylation sites (N-methyl/N-ethyl adjacent to an activating group) is 2. The van der Waals surface area contributed by atoms with E-state index in [-0.39, 0.29) is 5.54 Å². The molecule has 1 saturated carbocycles. The van der Waals surface area contributed by atoms with E-state index in [1.54, 1.807) is 0 Å². The summed E-state index contributed by atoms with van der Waals surface area (Å²) in [6.07, 6.45) is 6.23. The normalized spacial score (nSPS) is 18.9. The molecule has 1 aromatic rings. The van der Waals surface area contributed by atoms with Crippen molar-refractivity contribution in [3.05, 3.63) is 29.8 Å². The summed E-state index contributed by atoms with van der Waals surface area (Å²) in [5, 5.41) is 3.56. The molecule has 1 aromatic carbocycles. The Balaban J connectivity index is 2.20. The number of nitrogens with zero attached hydrogens (tertiary/aromatic N) is 1. The topological polar surface area (TPSA) is 24.5 Å². The molecule has 0 aliphatic heterocycles. The Bertz CT molecular complexity index is 421. The molecule has 0 radical (unpaired) electrons. The van der Waals surface area contributed by atoms with Crippen LogP contribution in [0.15, 0.2) is 24.3 Å². The van der Waals surface area contributed by atoms with Crippen molar-refractivity contribution in [3.8, 4) is 5.75 Å². The monoisotopic (exact) mass is 290 g/mol. The third kappa shape index (κ3) is 3.41. The molecule has 0 saturated heterocycles. The Labute approximate surface area is 129 Å². The fourth-order valence-electron chi connectivity index (χ4n) is 3.70. The molecule has 1 unspecified atom stereocenters. The first-order valence-electron chi connectivity index (χ1n) is 8.21. The van der Waals surface area contributed by atoms with E-state index in [0.29, 0.717) is 6.04 Å². The van der Waals surface area contributed by atoms with Crippen molar-refractivity contribution >= 4 is 0 Å². The van der Waals surface area contributed by atoms with E-state index >= 15 is 0 Å². The summed E-state index contributed by atoms with van der Waals surface area (Å²) >= 11 is 0. The zero-order valence-electron chi connectivity index (χ0n) is 14.0. The van der Waals surface area contributed by atoms with E-state index in [9.17, 15) is 0 Å². The molecular formula is C18H30N2O. The second-order valence-electron chi connectivity index (χ2n) is 6.34. The van der Waals surface area contributed by atoms with Gasteiger partial charge in [0.1, 0.15) is 5.75 Å². The predicted octanol–water partition coefficient (Wildman–Crippen LogP) is 3.61. The molecule has 1 N–H and O–H groups in total. The summed E-state index contributed by atoms with van der Waals surface area (Å²) in [4.78, 5) is 2.42. The van der Waals surface area contributed by atoms with Crippen LogP contribution in [0.4, 0.5) is 0 Å². The quantitative estimate of drug-likeness (QED) is 0.830. The lowest BCUT2D eigenvalue weighted by Crippen LogP contribution is -2.51. The summed E-state index contributed by atoms with van der Waals surface area (Å²) in [5.41, 5.74) is 1.59. The van der Waals surface area contributed by atoms with Gasteiger partial charge in [-0.05, 0) is 58.1 Å². The molecule has 118 valence electrons. The van der Waals surface area contributed by atoms with Crippen LogP contribution in [0.5, 0.6) is 5.75 Å². The molecule has 0 heterocycles. The minimum Gasteiger partial charge on any atom is -0.494 e. The zero-order valence-corrected chi connectivity index (χ0v) is 14.0. The van der Waals surface area contributed by atoms with Crippen LogP contribution in [0.1, 0.15) is 50.6 Å². The first-order valence-corrected chi connectivity index (χ1v) is 8.21. The van der Waals surface area contributed by atoms with Gasteiger partial charge in [0.25, 0.3) is 0 Å². The summed E-state index contributed by atoms with van der Waals surface area (Å²) in [6.45, 7) is 2.92. The van der Waals surface area contributed by atoms with E-state index in [1.807, 2.05) is 0 Å². The fourth-order valence-corrected chi connectivity index (χ4v) is 3.70. The summed E-state index contributed by atoms with van der Waals surface area (Å²) in [6, 6.07) is 9.02. The van der Waals surface area contributed by atoms with Gasteiger partial charge in [0.15, 0.2) is 0 Å². The zero-order chi connectivity index (χ0) is 15.3. The fraction of sp³-hybridized carbons (Fsp3) is 0.667. The number of rotatable bonds is 7. The van der Waals surface area contributed by atoms with E-state index in [2.05, 4.69) is 62.5 Å². The molecule has 3 nitrogen and oxygen atoms in total. The molecule has 0 amide bonds. The Morgan fingerprint density at radius 3 is 2.29 bits per heavy atom. The molecule has 0 aromatic heterocycles. The van der Waals surface area contributed by atoms with Gasteiger partial charge in [-0.2, -0.15) is 0 Å². The van der Waals surface area contributed by atoms with Gasteiger partial charge in [0.2, 0.25) is 0 Å². The van der Waals surface area contributed by atoms with Crippen LogP contribution in [-0.2, 0) is 0 Å². The van der Waals surface area contributed by atoms with Gasteiger partial charge in [0, 0.05) is 5.54 Å². The Kier molecular flexibility index (Phi) is 5.65. The third-order valence-corrected chi connectivity index (χ3v) is 4.87. The highest BCUT2D eigenvalue weighted by Gasteiger charge is 2.43. The molecule has 1 aliphatic rings. The smallest absolute Gasteiger partial charge is 0.119 e. The Morgan fingerprint density at radius 1 is 1.19 bits per heavy atom. The molecule has 3 heteroatoms. The lowest BCUT2D eigenvalue weighted by molar-refractivity contribution is 0.108. The summed E-state index contributed by atoms with van der Waals surface area (Å²) in [7, 11) is 6.51. The first kappa shape index (κ1) is 16.3. The van der Waals surface area contributed by atoms with Gasteiger partial charge in [-0.25, -0.2) is 0 Å². The lowest BCUT2D eigenvalue weighted by atomic mass is 9.82. The molecule has 21 heavy (non-hydrogen) atoms.